The fourth-order valence-electron chi connectivity index (χ4n) is 5.01. The first-order chi connectivity index (χ1) is 14.8. The molecular weight excluding hydrogens is 366 g/mol. The predicted octanol–water partition coefficient (Wildman–Crippen LogP) is 4.56. The van der Waals surface area contributed by atoms with Crippen molar-refractivity contribution in [2.75, 3.05) is 26.2 Å². The maximum absolute atomic E-state index is 9.00. The fraction of sp³-hybridized carbons (Fsp3) is 0.296. The summed E-state index contributed by atoms with van der Waals surface area (Å²) in [6, 6.07) is 28.6. The van der Waals surface area contributed by atoms with Gasteiger partial charge < -0.3 is 0 Å². The molecule has 0 bridgehead atoms. The number of benzene rings is 3. The molecule has 3 aromatic carbocycles. The summed E-state index contributed by atoms with van der Waals surface area (Å²) in [5, 5.41) is 9.00. The van der Waals surface area contributed by atoms with E-state index in [9.17, 15) is 0 Å². The topological polar surface area (TPSA) is 30.3 Å². The third-order valence-corrected chi connectivity index (χ3v) is 6.62. The zero-order valence-corrected chi connectivity index (χ0v) is 17.3. The van der Waals surface area contributed by atoms with Gasteiger partial charge in [-0.05, 0) is 52.8 Å². The highest BCUT2D eigenvalue weighted by atomic mass is 15.3. The zero-order chi connectivity index (χ0) is 20.3. The SMILES string of the molecule is N#Cc1ccc(CN2CCN(C3c4ccccc4CCc4ccccc43)CC2)cc1. The molecule has 1 heterocycles. The molecule has 0 N–H and O–H groups in total. The molecule has 0 unspecified atom stereocenters. The Bertz CT molecular complexity index is 1010. The molecular formula is C27H27N3. The number of hydrogen-bond donors (Lipinski definition) is 0. The second-order valence-corrected chi connectivity index (χ2v) is 8.42. The molecule has 0 amide bonds. The predicted molar refractivity (Wildman–Crippen MR) is 120 cm³/mol. The third-order valence-electron chi connectivity index (χ3n) is 6.62. The first-order valence-electron chi connectivity index (χ1n) is 10.9. The number of piperazine rings is 1. The number of nitrogens with zero attached hydrogens (tertiary/aromatic N) is 3. The lowest BCUT2D eigenvalue weighted by Crippen LogP contribution is -2.47. The van der Waals surface area contributed by atoms with Gasteiger partial charge in [0.25, 0.3) is 0 Å². The van der Waals surface area contributed by atoms with Crippen LogP contribution in [0.5, 0.6) is 0 Å². The van der Waals surface area contributed by atoms with Gasteiger partial charge in [0.05, 0.1) is 17.7 Å². The van der Waals surface area contributed by atoms with Crippen LogP contribution in [0.25, 0.3) is 0 Å². The minimum atomic E-state index is 0.358. The monoisotopic (exact) mass is 393 g/mol. The van der Waals surface area contributed by atoms with Gasteiger partial charge in [0.1, 0.15) is 0 Å². The maximum atomic E-state index is 9.00. The Morgan fingerprint density at radius 3 is 1.87 bits per heavy atom. The summed E-state index contributed by atoms with van der Waals surface area (Å²) in [4.78, 5) is 5.21. The van der Waals surface area contributed by atoms with Gasteiger partial charge in [0.2, 0.25) is 0 Å². The van der Waals surface area contributed by atoms with Crippen molar-refractivity contribution in [1.29, 1.82) is 5.26 Å². The van der Waals surface area contributed by atoms with Crippen LogP contribution in [0.2, 0.25) is 0 Å². The molecule has 1 fully saturated rings. The van der Waals surface area contributed by atoms with Crippen LogP contribution in [0.4, 0.5) is 0 Å². The van der Waals surface area contributed by atoms with E-state index in [0.29, 0.717) is 6.04 Å². The highest BCUT2D eigenvalue weighted by Crippen LogP contribution is 2.37. The minimum Gasteiger partial charge on any atom is -0.297 e. The Hall–Kier alpha value is -2.93. The molecule has 0 spiro atoms. The molecule has 0 radical (unpaired) electrons. The smallest absolute Gasteiger partial charge is 0.0991 e. The van der Waals surface area contributed by atoms with Gasteiger partial charge in [0, 0.05) is 32.7 Å². The summed E-state index contributed by atoms with van der Waals surface area (Å²) < 4.78 is 0. The zero-order valence-electron chi connectivity index (χ0n) is 17.3. The van der Waals surface area contributed by atoms with Crippen LogP contribution in [-0.2, 0) is 19.4 Å². The Morgan fingerprint density at radius 2 is 1.30 bits per heavy atom. The summed E-state index contributed by atoms with van der Waals surface area (Å²) in [7, 11) is 0. The van der Waals surface area contributed by atoms with Crippen LogP contribution >= 0.6 is 0 Å². The van der Waals surface area contributed by atoms with Crippen molar-refractivity contribution in [2.45, 2.75) is 25.4 Å². The van der Waals surface area contributed by atoms with Crippen molar-refractivity contribution >= 4 is 0 Å². The number of nitriles is 1. The van der Waals surface area contributed by atoms with E-state index in [1.54, 1.807) is 0 Å². The van der Waals surface area contributed by atoms with E-state index in [2.05, 4.69) is 76.5 Å². The molecule has 5 rings (SSSR count). The van der Waals surface area contributed by atoms with E-state index in [1.807, 2.05) is 12.1 Å². The van der Waals surface area contributed by atoms with Crippen molar-refractivity contribution in [3.63, 3.8) is 0 Å². The quantitative estimate of drug-likeness (QED) is 0.653. The van der Waals surface area contributed by atoms with E-state index < -0.39 is 0 Å². The number of fused-ring (bicyclic) bond motifs is 2. The Morgan fingerprint density at radius 1 is 0.733 bits per heavy atom. The largest absolute Gasteiger partial charge is 0.297 e. The second kappa shape index (κ2) is 8.44. The van der Waals surface area contributed by atoms with Gasteiger partial charge in [0.15, 0.2) is 0 Å². The van der Waals surface area contributed by atoms with Crippen LogP contribution in [0.1, 0.15) is 39.4 Å². The maximum Gasteiger partial charge on any atom is 0.0991 e. The average molecular weight is 394 g/mol. The fourth-order valence-corrected chi connectivity index (χ4v) is 5.01. The van der Waals surface area contributed by atoms with Gasteiger partial charge in [-0.3, -0.25) is 9.80 Å². The lowest BCUT2D eigenvalue weighted by atomic mass is 9.92. The normalized spacial score (nSPS) is 17.6. The highest BCUT2D eigenvalue weighted by Gasteiger charge is 2.30. The van der Waals surface area contributed by atoms with E-state index in [4.69, 9.17) is 5.26 Å². The molecule has 2 aliphatic rings. The number of rotatable bonds is 3. The molecule has 0 atom stereocenters. The number of hydrogen-bond acceptors (Lipinski definition) is 3. The summed E-state index contributed by atoms with van der Waals surface area (Å²) in [6.45, 7) is 5.24. The van der Waals surface area contributed by atoms with Gasteiger partial charge in [-0.15, -0.1) is 0 Å². The Labute approximate surface area is 179 Å². The third kappa shape index (κ3) is 3.77. The van der Waals surface area contributed by atoms with Crippen LogP contribution in [0.15, 0.2) is 72.8 Å². The minimum absolute atomic E-state index is 0.358. The van der Waals surface area contributed by atoms with Crippen molar-refractivity contribution in [2.24, 2.45) is 0 Å². The summed E-state index contributed by atoms with van der Waals surface area (Å²) >= 11 is 0. The van der Waals surface area contributed by atoms with E-state index in [-0.39, 0.29) is 0 Å². The van der Waals surface area contributed by atoms with Crippen LogP contribution < -0.4 is 0 Å². The molecule has 1 aliphatic heterocycles. The Kier molecular flexibility index (Phi) is 5.36. The van der Waals surface area contributed by atoms with Gasteiger partial charge in [-0.25, -0.2) is 0 Å². The molecule has 1 aliphatic carbocycles. The van der Waals surface area contributed by atoms with Crippen molar-refractivity contribution in [1.82, 2.24) is 9.80 Å². The van der Waals surface area contributed by atoms with Crippen molar-refractivity contribution in [3.05, 3.63) is 106 Å². The molecule has 3 heteroatoms. The Balaban J connectivity index is 1.35. The van der Waals surface area contributed by atoms with Gasteiger partial charge in [-0.1, -0.05) is 60.7 Å². The summed E-state index contributed by atoms with van der Waals surface area (Å²) in [5.74, 6) is 0. The van der Waals surface area contributed by atoms with Crippen molar-refractivity contribution < 1.29 is 0 Å². The standard InChI is InChI=1S/C27H27N3/c28-19-21-9-11-22(12-10-21)20-29-15-17-30(18-16-29)27-25-7-3-1-5-23(25)13-14-24-6-2-4-8-26(24)27/h1-12,27H,13-18,20H2. The van der Waals surface area contributed by atoms with E-state index in [0.717, 1.165) is 51.1 Å². The molecule has 0 saturated carbocycles. The molecule has 1 saturated heterocycles. The van der Waals surface area contributed by atoms with Crippen LogP contribution in [0, 0.1) is 11.3 Å². The van der Waals surface area contributed by atoms with Crippen molar-refractivity contribution in [3.8, 4) is 6.07 Å². The lowest BCUT2D eigenvalue weighted by molar-refractivity contribution is 0.104. The first kappa shape index (κ1) is 19.1. The molecule has 3 aromatic rings. The molecule has 3 nitrogen and oxygen atoms in total. The average Bonchev–Trinajstić information content (AvgIpc) is 2.97. The summed E-state index contributed by atoms with van der Waals surface area (Å²) in [5.41, 5.74) is 7.99. The lowest BCUT2D eigenvalue weighted by Gasteiger charge is -2.40. The van der Waals surface area contributed by atoms with E-state index in [1.165, 1.54) is 27.8 Å². The van der Waals surface area contributed by atoms with Gasteiger partial charge in [-0.2, -0.15) is 5.26 Å². The highest BCUT2D eigenvalue weighted by molar-refractivity contribution is 5.44. The number of aryl methyl sites for hydroxylation is 2. The van der Waals surface area contributed by atoms with Crippen LogP contribution in [0.3, 0.4) is 0 Å². The molecule has 30 heavy (non-hydrogen) atoms. The van der Waals surface area contributed by atoms with E-state index >= 15 is 0 Å². The van der Waals surface area contributed by atoms with Crippen LogP contribution in [-0.4, -0.2) is 36.0 Å². The summed E-state index contributed by atoms with van der Waals surface area (Å²) in [6.07, 6.45) is 2.25. The first-order valence-corrected chi connectivity index (χ1v) is 10.9. The second-order valence-electron chi connectivity index (χ2n) is 8.42. The molecule has 150 valence electrons. The molecule has 0 aromatic heterocycles. The van der Waals surface area contributed by atoms with Gasteiger partial charge >= 0.3 is 0 Å².